The Hall–Kier alpha value is -2.28. The van der Waals surface area contributed by atoms with Crippen molar-refractivity contribution in [2.45, 2.75) is 25.9 Å². The third-order valence-electron chi connectivity index (χ3n) is 5.11. The van der Waals surface area contributed by atoms with E-state index in [4.69, 9.17) is 9.47 Å². The van der Waals surface area contributed by atoms with Crippen LogP contribution in [-0.4, -0.2) is 67.4 Å². The molecule has 3 aliphatic heterocycles. The van der Waals surface area contributed by atoms with Gasteiger partial charge in [0.1, 0.15) is 6.61 Å². The molecule has 2 fully saturated rings. The van der Waals surface area contributed by atoms with Gasteiger partial charge >= 0.3 is 12.1 Å². The lowest BCUT2D eigenvalue weighted by Gasteiger charge is -2.36. The van der Waals surface area contributed by atoms with Crippen LogP contribution in [-0.2, 0) is 16.0 Å². The summed E-state index contributed by atoms with van der Waals surface area (Å²) >= 11 is 0. The van der Waals surface area contributed by atoms with E-state index < -0.39 is 0 Å². The van der Waals surface area contributed by atoms with Gasteiger partial charge in [0, 0.05) is 26.2 Å². The number of morpholine rings is 1. The monoisotopic (exact) mass is 345 g/mol. The molecule has 1 aromatic carbocycles. The lowest BCUT2D eigenvalue weighted by Crippen LogP contribution is -2.50. The second-order valence-corrected chi connectivity index (χ2v) is 6.83. The molecule has 0 radical (unpaired) electrons. The van der Waals surface area contributed by atoms with Gasteiger partial charge in [-0.15, -0.1) is 0 Å². The number of amides is 3. The summed E-state index contributed by atoms with van der Waals surface area (Å²) in [5.41, 5.74) is 2.94. The fraction of sp³-hybridized carbons (Fsp3) is 0.556. The number of hydrogen-bond acceptors (Lipinski definition) is 4. The van der Waals surface area contributed by atoms with Crippen molar-refractivity contribution in [1.82, 2.24) is 9.80 Å². The Labute approximate surface area is 147 Å². The summed E-state index contributed by atoms with van der Waals surface area (Å²) in [5.74, 6) is 0. The molecule has 0 spiro atoms. The molecule has 1 aromatic rings. The molecular formula is C18H23N3O4. The number of anilines is 1. The predicted molar refractivity (Wildman–Crippen MR) is 91.6 cm³/mol. The lowest BCUT2D eigenvalue weighted by atomic mass is 10.0. The van der Waals surface area contributed by atoms with E-state index in [9.17, 15) is 9.59 Å². The van der Waals surface area contributed by atoms with Crippen molar-refractivity contribution in [2.75, 3.05) is 44.4 Å². The maximum Gasteiger partial charge on any atom is 0.414 e. The first-order valence-electron chi connectivity index (χ1n) is 8.80. The summed E-state index contributed by atoms with van der Waals surface area (Å²) in [4.78, 5) is 30.7. The SMILES string of the molecule is Cc1ccc2c(c1)N1C(=O)OCC1CCN(C(=O)N1CCOCC1)C2. The van der Waals surface area contributed by atoms with Crippen LogP contribution in [0.2, 0.25) is 0 Å². The lowest BCUT2D eigenvalue weighted by molar-refractivity contribution is 0.0422. The number of benzene rings is 1. The Kier molecular flexibility index (Phi) is 4.25. The highest BCUT2D eigenvalue weighted by atomic mass is 16.6. The normalized spacial score (nSPS) is 23.5. The topological polar surface area (TPSA) is 62.3 Å². The van der Waals surface area contributed by atoms with Gasteiger partial charge in [-0.05, 0) is 30.5 Å². The maximum absolute atomic E-state index is 12.9. The van der Waals surface area contributed by atoms with Crippen LogP contribution in [0.4, 0.5) is 15.3 Å². The molecule has 0 aromatic heterocycles. The Balaban J connectivity index is 1.64. The van der Waals surface area contributed by atoms with Crippen LogP contribution >= 0.6 is 0 Å². The highest BCUT2D eigenvalue weighted by molar-refractivity contribution is 5.91. The molecule has 4 rings (SSSR count). The van der Waals surface area contributed by atoms with Crippen molar-refractivity contribution in [2.24, 2.45) is 0 Å². The van der Waals surface area contributed by atoms with Crippen LogP contribution < -0.4 is 4.90 Å². The molecule has 7 nitrogen and oxygen atoms in total. The van der Waals surface area contributed by atoms with E-state index in [-0.39, 0.29) is 18.2 Å². The standard InChI is InChI=1S/C18H23N3O4/c1-13-2-3-14-11-20(17(22)19-6-8-24-9-7-19)5-4-15-12-25-18(23)21(15)16(14)10-13/h2-3,10,15H,4-9,11-12H2,1H3. The largest absolute Gasteiger partial charge is 0.447 e. The molecule has 25 heavy (non-hydrogen) atoms. The molecule has 1 unspecified atom stereocenters. The van der Waals surface area contributed by atoms with E-state index in [0.29, 0.717) is 46.0 Å². The van der Waals surface area contributed by atoms with E-state index >= 15 is 0 Å². The summed E-state index contributed by atoms with van der Waals surface area (Å²) in [7, 11) is 0. The van der Waals surface area contributed by atoms with Crippen LogP contribution in [0.15, 0.2) is 18.2 Å². The van der Waals surface area contributed by atoms with Gasteiger partial charge in [0.15, 0.2) is 0 Å². The Morgan fingerprint density at radius 2 is 1.96 bits per heavy atom. The van der Waals surface area contributed by atoms with Crippen molar-refractivity contribution >= 4 is 17.8 Å². The molecule has 7 heteroatoms. The van der Waals surface area contributed by atoms with Crippen molar-refractivity contribution < 1.29 is 19.1 Å². The molecule has 3 amide bonds. The van der Waals surface area contributed by atoms with Crippen LogP contribution in [0.25, 0.3) is 0 Å². The second kappa shape index (κ2) is 6.55. The minimum atomic E-state index is -0.287. The van der Waals surface area contributed by atoms with Gasteiger partial charge in [-0.25, -0.2) is 9.59 Å². The number of rotatable bonds is 0. The number of urea groups is 1. The first-order chi connectivity index (χ1) is 12.1. The Bertz CT molecular complexity index is 687. The smallest absolute Gasteiger partial charge is 0.414 e. The molecule has 3 aliphatic rings. The highest BCUT2D eigenvalue weighted by Gasteiger charge is 2.38. The molecular weight excluding hydrogens is 322 g/mol. The van der Waals surface area contributed by atoms with Gasteiger partial charge in [-0.2, -0.15) is 0 Å². The first kappa shape index (κ1) is 16.2. The third-order valence-corrected chi connectivity index (χ3v) is 5.11. The van der Waals surface area contributed by atoms with E-state index in [2.05, 4.69) is 0 Å². The summed E-state index contributed by atoms with van der Waals surface area (Å²) < 4.78 is 10.6. The number of nitrogens with zero attached hydrogens (tertiary/aromatic N) is 3. The highest BCUT2D eigenvalue weighted by Crippen LogP contribution is 2.32. The van der Waals surface area contributed by atoms with Crippen molar-refractivity contribution in [3.8, 4) is 0 Å². The Morgan fingerprint density at radius 1 is 1.16 bits per heavy atom. The third kappa shape index (κ3) is 3.04. The molecule has 134 valence electrons. The average molecular weight is 345 g/mol. The van der Waals surface area contributed by atoms with Gasteiger partial charge < -0.3 is 19.3 Å². The average Bonchev–Trinajstić information content (AvgIpc) is 2.98. The number of fused-ring (bicyclic) bond motifs is 3. The van der Waals surface area contributed by atoms with Gasteiger partial charge in [-0.3, -0.25) is 4.90 Å². The van der Waals surface area contributed by atoms with Crippen molar-refractivity contribution in [3.63, 3.8) is 0 Å². The summed E-state index contributed by atoms with van der Waals surface area (Å²) in [6.45, 7) is 5.95. The zero-order valence-electron chi connectivity index (χ0n) is 14.4. The second-order valence-electron chi connectivity index (χ2n) is 6.83. The van der Waals surface area contributed by atoms with Crippen LogP contribution in [0.1, 0.15) is 17.5 Å². The van der Waals surface area contributed by atoms with Gasteiger partial charge in [0.2, 0.25) is 0 Å². The van der Waals surface area contributed by atoms with E-state index in [0.717, 1.165) is 23.2 Å². The maximum atomic E-state index is 12.9. The molecule has 3 heterocycles. The Morgan fingerprint density at radius 3 is 2.76 bits per heavy atom. The predicted octanol–water partition coefficient (Wildman–Crippen LogP) is 1.98. The van der Waals surface area contributed by atoms with Crippen LogP contribution in [0.5, 0.6) is 0 Å². The van der Waals surface area contributed by atoms with Gasteiger partial charge in [0.25, 0.3) is 0 Å². The van der Waals surface area contributed by atoms with E-state index in [1.54, 1.807) is 4.90 Å². The van der Waals surface area contributed by atoms with Crippen LogP contribution in [0, 0.1) is 6.92 Å². The molecule has 0 saturated carbocycles. The quantitative estimate of drug-likeness (QED) is 0.721. The minimum Gasteiger partial charge on any atom is -0.447 e. The fourth-order valence-corrected chi connectivity index (χ4v) is 3.71. The fourth-order valence-electron chi connectivity index (χ4n) is 3.71. The number of carbonyl (C=O) groups excluding carboxylic acids is 2. The van der Waals surface area contributed by atoms with Gasteiger partial charge in [-0.1, -0.05) is 12.1 Å². The molecule has 0 bridgehead atoms. The van der Waals surface area contributed by atoms with Gasteiger partial charge in [0.05, 0.1) is 24.9 Å². The first-order valence-corrected chi connectivity index (χ1v) is 8.80. The van der Waals surface area contributed by atoms with Crippen molar-refractivity contribution in [1.29, 1.82) is 0 Å². The summed E-state index contributed by atoms with van der Waals surface area (Å²) in [6, 6.07) is 6.08. The van der Waals surface area contributed by atoms with E-state index in [1.165, 1.54) is 0 Å². The number of hydrogen-bond donors (Lipinski definition) is 0. The zero-order valence-corrected chi connectivity index (χ0v) is 14.4. The summed E-state index contributed by atoms with van der Waals surface area (Å²) in [6.07, 6.45) is 0.430. The van der Waals surface area contributed by atoms with E-state index in [1.807, 2.05) is 34.9 Å². The molecule has 2 saturated heterocycles. The number of carbonyl (C=O) groups is 2. The molecule has 0 N–H and O–H groups in total. The molecule has 1 atom stereocenters. The number of aryl methyl sites for hydroxylation is 1. The summed E-state index contributed by atoms with van der Waals surface area (Å²) in [5, 5.41) is 0. The number of cyclic esters (lactones) is 1. The minimum absolute atomic E-state index is 0.0201. The number of ether oxygens (including phenoxy) is 2. The zero-order chi connectivity index (χ0) is 17.4. The van der Waals surface area contributed by atoms with Crippen LogP contribution in [0.3, 0.4) is 0 Å². The molecule has 0 aliphatic carbocycles. The van der Waals surface area contributed by atoms with Crippen molar-refractivity contribution in [3.05, 3.63) is 29.3 Å².